The Labute approximate surface area is 223 Å². The Hall–Kier alpha value is -3.81. The number of aromatic amines is 1. The van der Waals surface area contributed by atoms with E-state index in [1.807, 2.05) is 75.4 Å². The summed E-state index contributed by atoms with van der Waals surface area (Å²) in [6.07, 6.45) is 2.48. The molecule has 0 saturated heterocycles. The van der Waals surface area contributed by atoms with Crippen LogP contribution >= 0.6 is 0 Å². The van der Waals surface area contributed by atoms with E-state index in [1.165, 1.54) is 0 Å². The van der Waals surface area contributed by atoms with Gasteiger partial charge in [-0.1, -0.05) is 55.0 Å². The van der Waals surface area contributed by atoms with Gasteiger partial charge in [-0.15, -0.1) is 0 Å². The van der Waals surface area contributed by atoms with E-state index >= 15 is 0 Å². The highest BCUT2D eigenvalue weighted by Crippen LogP contribution is 2.31. The number of ether oxygens (including phenoxy) is 2. The molecule has 0 radical (unpaired) electrons. The van der Waals surface area contributed by atoms with Crippen LogP contribution in [0.15, 0.2) is 54.6 Å². The number of alkyl carbamates (subject to hydrolysis) is 1. The number of carbonyl (C=O) groups excluding carboxylic acids is 3. The van der Waals surface area contributed by atoms with Gasteiger partial charge in [0.15, 0.2) is 0 Å². The lowest BCUT2D eigenvalue weighted by atomic mass is 9.96. The minimum Gasteiger partial charge on any atom is -0.459 e. The number of nitrogens with zero attached hydrogens (tertiary/aromatic N) is 1. The van der Waals surface area contributed by atoms with Gasteiger partial charge in [0, 0.05) is 36.0 Å². The average Bonchev–Trinajstić information content (AvgIpc) is 3.25. The molecule has 2 heterocycles. The molecule has 38 heavy (non-hydrogen) atoms. The summed E-state index contributed by atoms with van der Waals surface area (Å²) >= 11 is 0. The molecule has 0 saturated carbocycles. The van der Waals surface area contributed by atoms with Crippen LogP contribution < -0.4 is 5.32 Å². The van der Waals surface area contributed by atoms with Crippen molar-refractivity contribution in [3.63, 3.8) is 0 Å². The third-order valence-electron chi connectivity index (χ3n) is 6.56. The summed E-state index contributed by atoms with van der Waals surface area (Å²) in [6, 6.07) is 16.9. The average molecular weight is 520 g/mol. The van der Waals surface area contributed by atoms with Crippen LogP contribution in [0.5, 0.6) is 0 Å². The van der Waals surface area contributed by atoms with Crippen molar-refractivity contribution in [1.82, 2.24) is 15.2 Å². The first-order chi connectivity index (χ1) is 18.2. The summed E-state index contributed by atoms with van der Waals surface area (Å²) < 4.78 is 10.9. The highest BCUT2D eigenvalue weighted by Gasteiger charge is 2.37. The monoisotopic (exact) mass is 519 g/mol. The molecule has 2 N–H and O–H groups in total. The second-order valence-corrected chi connectivity index (χ2v) is 10.7. The first kappa shape index (κ1) is 27.2. The molecule has 0 fully saturated rings. The molecule has 1 aliphatic rings. The molecule has 8 nitrogen and oxygen atoms in total. The molecule has 0 aliphatic carbocycles. The Bertz CT molecular complexity index is 1260. The van der Waals surface area contributed by atoms with Crippen molar-refractivity contribution in [1.29, 1.82) is 0 Å². The second kappa shape index (κ2) is 12.2. The fraction of sp³-hybridized carbons (Fsp3) is 0.433. The van der Waals surface area contributed by atoms with Gasteiger partial charge in [-0.05, 0) is 50.8 Å². The van der Waals surface area contributed by atoms with E-state index in [2.05, 4.69) is 10.3 Å². The summed E-state index contributed by atoms with van der Waals surface area (Å²) in [7, 11) is 0. The van der Waals surface area contributed by atoms with Gasteiger partial charge >= 0.3 is 12.1 Å². The van der Waals surface area contributed by atoms with Crippen LogP contribution in [0.4, 0.5) is 4.79 Å². The van der Waals surface area contributed by atoms with Crippen molar-refractivity contribution >= 4 is 28.9 Å². The van der Waals surface area contributed by atoms with Gasteiger partial charge in [0.25, 0.3) is 0 Å². The maximum atomic E-state index is 13.3. The maximum Gasteiger partial charge on any atom is 0.407 e. The second-order valence-electron chi connectivity index (χ2n) is 10.7. The van der Waals surface area contributed by atoms with Gasteiger partial charge in [-0.3, -0.25) is 4.79 Å². The molecule has 1 aromatic heterocycles. The Morgan fingerprint density at radius 3 is 2.50 bits per heavy atom. The van der Waals surface area contributed by atoms with E-state index in [0.717, 1.165) is 40.6 Å². The van der Waals surface area contributed by atoms with Crippen LogP contribution in [-0.2, 0) is 38.6 Å². The number of para-hydroxylation sites is 1. The molecule has 2 aromatic carbocycles. The molecule has 0 unspecified atom stereocenters. The van der Waals surface area contributed by atoms with Crippen molar-refractivity contribution in [3.8, 4) is 0 Å². The number of hydrogen-bond donors (Lipinski definition) is 2. The van der Waals surface area contributed by atoms with Crippen molar-refractivity contribution < 1.29 is 23.9 Å². The number of aromatic nitrogens is 1. The van der Waals surface area contributed by atoms with E-state index in [9.17, 15) is 14.4 Å². The zero-order chi connectivity index (χ0) is 27.1. The van der Waals surface area contributed by atoms with Gasteiger partial charge in [-0.25, -0.2) is 9.59 Å². The smallest absolute Gasteiger partial charge is 0.407 e. The Morgan fingerprint density at radius 2 is 1.74 bits per heavy atom. The van der Waals surface area contributed by atoms with E-state index in [4.69, 9.17) is 9.47 Å². The predicted molar refractivity (Wildman–Crippen MR) is 145 cm³/mol. The molecular weight excluding hydrogens is 482 g/mol. The standard InChI is InChI=1S/C30H37N3O5/c1-30(2,3)38-29(36)31-17-11-5-8-16-27(34)33-19-25-23(22-14-9-10-15-24(22)32-25)18-26(33)28(35)37-20-21-12-6-4-7-13-21/h4,6-7,9-10,12-15,26,32H,5,8,11,16-20H2,1-3H3,(H,31,36)/t26-/m0/s1. The van der Waals surface area contributed by atoms with Crippen molar-refractivity contribution in [2.45, 2.75) is 77.7 Å². The first-order valence-electron chi connectivity index (χ1n) is 13.3. The highest BCUT2D eigenvalue weighted by molar-refractivity contribution is 5.89. The molecule has 0 spiro atoms. The fourth-order valence-electron chi connectivity index (χ4n) is 4.73. The third kappa shape index (κ3) is 7.15. The number of hydrogen-bond acceptors (Lipinski definition) is 5. The summed E-state index contributed by atoms with van der Waals surface area (Å²) in [5, 5.41) is 3.82. The van der Waals surface area contributed by atoms with Crippen LogP contribution in [0.25, 0.3) is 10.9 Å². The Kier molecular flexibility index (Phi) is 8.71. The van der Waals surface area contributed by atoms with Crippen molar-refractivity contribution in [3.05, 3.63) is 71.4 Å². The lowest BCUT2D eigenvalue weighted by Gasteiger charge is -2.34. The zero-order valence-electron chi connectivity index (χ0n) is 22.4. The lowest BCUT2D eigenvalue weighted by molar-refractivity contribution is -0.157. The van der Waals surface area contributed by atoms with Crippen LogP contribution in [0, 0.1) is 0 Å². The van der Waals surface area contributed by atoms with Gasteiger partial charge < -0.3 is 24.7 Å². The van der Waals surface area contributed by atoms with E-state index in [1.54, 1.807) is 4.90 Å². The molecule has 202 valence electrons. The SMILES string of the molecule is CC(C)(C)OC(=O)NCCCCCC(=O)N1Cc2[nH]c3ccccc3c2C[C@H]1C(=O)OCc1ccccc1. The molecule has 1 aliphatic heterocycles. The third-order valence-corrected chi connectivity index (χ3v) is 6.56. The fourth-order valence-corrected chi connectivity index (χ4v) is 4.73. The summed E-state index contributed by atoms with van der Waals surface area (Å²) in [5.41, 5.74) is 3.41. The zero-order valence-corrected chi connectivity index (χ0v) is 22.4. The number of rotatable bonds is 9. The minimum atomic E-state index is -0.674. The van der Waals surface area contributed by atoms with Gasteiger partial charge in [0.05, 0.1) is 6.54 Å². The number of benzene rings is 2. The molecule has 1 atom stereocenters. The van der Waals surface area contributed by atoms with Crippen LogP contribution in [0.1, 0.15) is 63.3 Å². The number of unbranched alkanes of at least 4 members (excludes halogenated alkanes) is 2. The maximum absolute atomic E-state index is 13.3. The number of carbonyl (C=O) groups is 3. The summed E-state index contributed by atoms with van der Waals surface area (Å²) in [5.74, 6) is -0.462. The molecule has 0 bridgehead atoms. The molecule has 8 heteroatoms. The first-order valence-corrected chi connectivity index (χ1v) is 13.3. The lowest BCUT2D eigenvalue weighted by Crippen LogP contribution is -2.49. The molecule has 3 aromatic rings. The number of esters is 1. The number of H-pyrrole nitrogens is 1. The van der Waals surface area contributed by atoms with Crippen molar-refractivity contribution in [2.24, 2.45) is 0 Å². The van der Waals surface area contributed by atoms with E-state index in [0.29, 0.717) is 32.4 Å². The minimum absolute atomic E-state index is 0.0731. The quantitative estimate of drug-likeness (QED) is 0.297. The van der Waals surface area contributed by atoms with Crippen LogP contribution in [-0.4, -0.2) is 46.0 Å². The van der Waals surface area contributed by atoms with Crippen molar-refractivity contribution in [2.75, 3.05) is 6.54 Å². The Balaban J connectivity index is 1.36. The Morgan fingerprint density at radius 1 is 1.00 bits per heavy atom. The predicted octanol–water partition coefficient (Wildman–Crippen LogP) is 5.25. The summed E-state index contributed by atoms with van der Waals surface area (Å²) in [4.78, 5) is 43.4. The highest BCUT2D eigenvalue weighted by atomic mass is 16.6. The van der Waals surface area contributed by atoms with E-state index < -0.39 is 17.7 Å². The van der Waals surface area contributed by atoms with E-state index in [-0.39, 0.29) is 18.5 Å². The molecular formula is C30H37N3O5. The van der Waals surface area contributed by atoms with Gasteiger partial charge in [0.1, 0.15) is 18.2 Å². The normalized spacial score (nSPS) is 15.1. The molecule has 2 amide bonds. The topological polar surface area (TPSA) is 101 Å². The van der Waals surface area contributed by atoms with Crippen LogP contribution in [0.2, 0.25) is 0 Å². The van der Waals surface area contributed by atoms with Gasteiger partial charge in [-0.2, -0.15) is 0 Å². The number of nitrogens with one attached hydrogen (secondary N) is 2. The summed E-state index contributed by atoms with van der Waals surface area (Å²) in [6.45, 7) is 6.46. The van der Waals surface area contributed by atoms with Gasteiger partial charge in [0.2, 0.25) is 5.91 Å². The van der Waals surface area contributed by atoms with Crippen LogP contribution in [0.3, 0.4) is 0 Å². The number of amides is 2. The number of fused-ring (bicyclic) bond motifs is 3. The largest absolute Gasteiger partial charge is 0.459 e. The molecule has 4 rings (SSSR count).